The Kier molecular flexibility index (Phi) is 3.62. The lowest BCUT2D eigenvalue weighted by Gasteiger charge is -2.28. The molecule has 2 aliphatic heterocycles. The minimum Gasteiger partial charge on any atom is -0.332 e. The molecule has 6 nitrogen and oxygen atoms in total. The largest absolute Gasteiger partial charge is 0.332 e. The highest BCUT2D eigenvalue weighted by atomic mass is 32.2. The lowest BCUT2D eigenvalue weighted by Crippen LogP contribution is -2.38. The van der Waals surface area contributed by atoms with Crippen molar-refractivity contribution in [2.75, 3.05) is 6.54 Å². The second kappa shape index (κ2) is 5.19. The fraction of sp³-hybridized carbons (Fsp3) is 0.538. The van der Waals surface area contributed by atoms with Crippen LogP contribution in [0.25, 0.3) is 0 Å². The van der Waals surface area contributed by atoms with Gasteiger partial charge in [0.25, 0.3) is 10.0 Å². The summed E-state index contributed by atoms with van der Waals surface area (Å²) >= 11 is 1.13. The average molecular weight is 326 g/mol. The Labute approximate surface area is 128 Å². The third-order valence-electron chi connectivity index (χ3n) is 3.98. The summed E-state index contributed by atoms with van der Waals surface area (Å²) < 4.78 is 27.4. The molecular formula is C13H18N4O2S2. The maximum absolute atomic E-state index is 12.3. The monoisotopic (exact) mass is 326 g/mol. The summed E-state index contributed by atoms with van der Waals surface area (Å²) in [7, 11) is -3.52. The maximum atomic E-state index is 12.3. The zero-order valence-electron chi connectivity index (χ0n) is 12.2. The van der Waals surface area contributed by atoms with Crippen LogP contribution in [0.4, 0.5) is 0 Å². The third kappa shape index (κ3) is 2.63. The lowest BCUT2D eigenvalue weighted by atomic mass is 10.0. The van der Waals surface area contributed by atoms with Crippen molar-refractivity contribution in [3.05, 3.63) is 22.8 Å². The molecule has 0 aliphatic carbocycles. The average Bonchev–Trinajstić information content (AvgIpc) is 3.04. The molecule has 0 spiro atoms. The first-order valence-electron chi connectivity index (χ1n) is 6.82. The molecule has 1 aromatic rings. The highest BCUT2D eigenvalue weighted by molar-refractivity contribution is 7.91. The van der Waals surface area contributed by atoms with E-state index in [9.17, 15) is 8.42 Å². The molecule has 2 aliphatic rings. The molecule has 2 atom stereocenters. The number of nitrogens with one attached hydrogen (secondary N) is 1. The zero-order chi connectivity index (χ0) is 15.2. The number of aliphatic imine (C=N–C) groups is 1. The molecule has 1 fully saturated rings. The van der Waals surface area contributed by atoms with Crippen LogP contribution in [0.1, 0.15) is 27.2 Å². The summed E-state index contributed by atoms with van der Waals surface area (Å²) in [4.78, 5) is 10.6. The lowest BCUT2D eigenvalue weighted by molar-refractivity contribution is 0.509. The van der Waals surface area contributed by atoms with Gasteiger partial charge in [0.2, 0.25) is 4.34 Å². The van der Waals surface area contributed by atoms with Crippen LogP contribution in [0, 0.1) is 0 Å². The molecule has 1 saturated heterocycles. The van der Waals surface area contributed by atoms with Crippen LogP contribution in [-0.2, 0) is 10.0 Å². The van der Waals surface area contributed by atoms with Gasteiger partial charge in [-0.3, -0.25) is 4.99 Å². The molecule has 1 N–H and O–H groups in total. The van der Waals surface area contributed by atoms with Crippen molar-refractivity contribution in [1.29, 1.82) is 0 Å². The van der Waals surface area contributed by atoms with E-state index in [0.29, 0.717) is 13.0 Å². The van der Waals surface area contributed by atoms with Crippen LogP contribution in [0.5, 0.6) is 0 Å². The van der Waals surface area contributed by atoms with Gasteiger partial charge in [-0.25, -0.2) is 18.1 Å². The van der Waals surface area contributed by atoms with Crippen molar-refractivity contribution in [2.45, 2.75) is 43.6 Å². The van der Waals surface area contributed by atoms with E-state index in [1.165, 1.54) is 17.5 Å². The van der Waals surface area contributed by atoms with Crippen LogP contribution in [0.15, 0.2) is 32.2 Å². The van der Waals surface area contributed by atoms with Crippen LogP contribution < -0.4 is 4.72 Å². The van der Waals surface area contributed by atoms with Crippen molar-refractivity contribution in [3.8, 4) is 0 Å². The van der Waals surface area contributed by atoms with Crippen molar-refractivity contribution in [1.82, 2.24) is 14.6 Å². The molecule has 0 aromatic carbocycles. The van der Waals surface area contributed by atoms with Crippen molar-refractivity contribution < 1.29 is 8.42 Å². The first kappa shape index (κ1) is 14.7. The van der Waals surface area contributed by atoms with Gasteiger partial charge in [0.1, 0.15) is 5.84 Å². The first-order chi connectivity index (χ1) is 9.88. The summed E-state index contributed by atoms with van der Waals surface area (Å²) in [5.41, 5.74) is 2.42. The van der Waals surface area contributed by atoms with Gasteiger partial charge in [-0.15, -0.1) is 11.3 Å². The van der Waals surface area contributed by atoms with Gasteiger partial charge < -0.3 is 4.90 Å². The third-order valence-corrected chi connectivity index (χ3v) is 6.70. The van der Waals surface area contributed by atoms with E-state index in [1.807, 2.05) is 6.92 Å². The molecule has 0 saturated carbocycles. The van der Waals surface area contributed by atoms with Crippen molar-refractivity contribution in [3.63, 3.8) is 0 Å². The minimum atomic E-state index is -3.52. The zero-order valence-corrected chi connectivity index (χ0v) is 13.8. The number of hydrogen-bond donors (Lipinski definition) is 1. The predicted molar refractivity (Wildman–Crippen MR) is 82.8 cm³/mol. The molecule has 1 aromatic heterocycles. The van der Waals surface area contributed by atoms with E-state index in [4.69, 9.17) is 0 Å². The Morgan fingerprint density at radius 1 is 1.43 bits per heavy atom. The molecule has 114 valence electrons. The first-order valence-corrected chi connectivity index (χ1v) is 9.18. The predicted octanol–water partition coefficient (Wildman–Crippen LogP) is 1.59. The maximum Gasteiger partial charge on any atom is 0.268 e. The quantitative estimate of drug-likeness (QED) is 0.915. The van der Waals surface area contributed by atoms with Crippen molar-refractivity contribution in [2.24, 2.45) is 4.99 Å². The highest BCUT2D eigenvalue weighted by Gasteiger charge is 2.35. The number of thiazole rings is 1. The van der Waals surface area contributed by atoms with Gasteiger partial charge in [0.05, 0.1) is 6.04 Å². The van der Waals surface area contributed by atoms with E-state index < -0.39 is 10.0 Å². The molecule has 0 bridgehead atoms. The second-order valence-corrected chi connectivity index (χ2v) is 8.20. The Morgan fingerprint density at radius 3 is 2.86 bits per heavy atom. The van der Waals surface area contributed by atoms with Crippen LogP contribution in [0.2, 0.25) is 0 Å². The van der Waals surface area contributed by atoms with Gasteiger partial charge in [0.15, 0.2) is 0 Å². The molecule has 3 rings (SSSR count). The normalized spacial score (nSPS) is 26.0. The highest BCUT2D eigenvalue weighted by Crippen LogP contribution is 2.31. The van der Waals surface area contributed by atoms with E-state index in [-0.39, 0.29) is 16.4 Å². The number of amidine groups is 1. The summed E-state index contributed by atoms with van der Waals surface area (Å²) in [6.45, 7) is 6.73. The number of sulfonamides is 1. The standard InChI is InChI=1S/C13H18N4O2S2/c1-8-9(2)15-10(3)17-7-11(6-12(8)17)16-21(18,19)13-14-4-5-20-13/h4-5,9,11,16H,6-7H2,1-3H3. The Hall–Kier alpha value is -1.25. The van der Waals surface area contributed by atoms with Crippen LogP contribution >= 0.6 is 11.3 Å². The Balaban J connectivity index is 1.81. The van der Waals surface area contributed by atoms with Crippen molar-refractivity contribution >= 4 is 27.2 Å². The van der Waals surface area contributed by atoms with E-state index in [0.717, 1.165) is 17.2 Å². The molecule has 0 amide bonds. The molecule has 8 heteroatoms. The minimum absolute atomic E-state index is 0.122. The molecule has 2 unspecified atom stereocenters. The molecular weight excluding hydrogens is 308 g/mol. The van der Waals surface area contributed by atoms with E-state index in [2.05, 4.69) is 33.4 Å². The van der Waals surface area contributed by atoms with Gasteiger partial charge in [0, 0.05) is 36.3 Å². The fourth-order valence-electron chi connectivity index (χ4n) is 2.82. The SMILES string of the molecule is CC1=NC(C)C(C)=C2CC(NS(=O)(=O)c3nccs3)CN12. The summed E-state index contributed by atoms with van der Waals surface area (Å²) in [6.07, 6.45) is 2.20. The van der Waals surface area contributed by atoms with Gasteiger partial charge in [-0.2, -0.15) is 0 Å². The van der Waals surface area contributed by atoms with E-state index >= 15 is 0 Å². The molecule has 3 heterocycles. The topological polar surface area (TPSA) is 74.7 Å². The Morgan fingerprint density at radius 2 is 2.19 bits per heavy atom. The van der Waals surface area contributed by atoms with Gasteiger partial charge in [-0.1, -0.05) is 0 Å². The summed E-state index contributed by atoms with van der Waals surface area (Å²) in [5, 5.41) is 1.66. The smallest absolute Gasteiger partial charge is 0.268 e. The molecule has 21 heavy (non-hydrogen) atoms. The van der Waals surface area contributed by atoms with E-state index in [1.54, 1.807) is 5.38 Å². The number of aromatic nitrogens is 1. The fourth-order valence-corrected chi connectivity index (χ4v) is 4.89. The Bertz CT molecular complexity index is 707. The van der Waals surface area contributed by atoms with Gasteiger partial charge in [-0.05, 0) is 26.3 Å². The van der Waals surface area contributed by atoms with Gasteiger partial charge >= 0.3 is 0 Å². The number of rotatable bonds is 3. The summed E-state index contributed by atoms with van der Waals surface area (Å²) in [5.74, 6) is 0.957. The molecule has 0 radical (unpaired) electrons. The number of fused-ring (bicyclic) bond motifs is 1. The van der Waals surface area contributed by atoms with Crippen LogP contribution in [0.3, 0.4) is 0 Å². The second-order valence-electron chi connectivity index (χ2n) is 5.41. The van der Waals surface area contributed by atoms with Crippen LogP contribution in [-0.4, -0.2) is 42.8 Å². The number of nitrogens with zero attached hydrogens (tertiary/aromatic N) is 3. The summed E-state index contributed by atoms with van der Waals surface area (Å²) in [6, 6.07) is 0.0323. The number of hydrogen-bond acceptors (Lipinski definition) is 6.